The van der Waals surface area contributed by atoms with Crippen LogP contribution in [0.1, 0.15) is 5.69 Å². The van der Waals surface area contributed by atoms with E-state index in [0.717, 1.165) is 28.2 Å². The van der Waals surface area contributed by atoms with Crippen LogP contribution < -0.4 is 5.32 Å². The van der Waals surface area contributed by atoms with Crippen LogP contribution in [-0.2, 0) is 0 Å². The maximum absolute atomic E-state index is 4.88. The van der Waals surface area contributed by atoms with Gasteiger partial charge < -0.3 is 10.2 Å². The maximum Gasteiger partial charge on any atom is 0.188 e. The molecule has 0 unspecified atom stereocenters. The first-order valence-corrected chi connectivity index (χ1v) is 10.6. The summed E-state index contributed by atoms with van der Waals surface area (Å²) in [5.41, 5.74) is 3.01. The number of nitrogens with one attached hydrogen (secondary N) is 1. The summed E-state index contributed by atoms with van der Waals surface area (Å²) in [5, 5.41) is 4.59. The van der Waals surface area contributed by atoms with Crippen LogP contribution in [0.15, 0.2) is 35.0 Å². The molecule has 0 fully saturated rings. The second kappa shape index (κ2) is 5.85. The molecule has 0 aliphatic heterocycles. The van der Waals surface area contributed by atoms with Crippen LogP contribution in [0.2, 0.25) is 19.6 Å². The molecule has 2 aromatic rings. The van der Waals surface area contributed by atoms with Crippen molar-refractivity contribution in [3.8, 4) is 0 Å². The molecule has 0 atom stereocenters. The molecule has 0 amide bonds. The molecular formula is C16H24N4Si. The maximum atomic E-state index is 4.88. The van der Waals surface area contributed by atoms with E-state index in [1.54, 1.807) is 0 Å². The monoisotopic (exact) mass is 300 g/mol. The third-order valence-corrected chi connectivity index (χ3v) is 3.85. The van der Waals surface area contributed by atoms with Gasteiger partial charge in [0.25, 0.3) is 0 Å². The predicted molar refractivity (Wildman–Crippen MR) is 94.6 cm³/mol. The minimum Gasteiger partial charge on any atom is -0.350 e. The van der Waals surface area contributed by atoms with Crippen LogP contribution in [-0.4, -0.2) is 38.2 Å². The van der Waals surface area contributed by atoms with E-state index in [1.165, 1.54) is 0 Å². The standard InChI is InChI=1S/C16H24N4Si/c1-12-10-11-13-8-7-9-14(15(13)17-12)18-16(20(2)3)19-21(4,5)6/h7-11H,1-6H3,(H,18,19). The number of fused-ring (bicyclic) bond motifs is 1. The second-order valence-electron chi connectivity index (χ2n) is 6.46. The number of rotatable bonds is 2. The van der Waals surface area contributed by atoms with Gasteiger partial charge in [0, 0.05) is 25.2 Å². The summed E-state index contributed by atoms with van der Waals surface area (Å²) >= 11 is 0. The van der Waals surface area contributed by atoms with E-state index in [-0.39, 0.29) is 0 Å². The van der Waals surface area contributed by atoms with Crippen molar-refractivity contribution in [2.45, 2.75) is 26.6 Å². The molecule has 1 aromatic heterocycles. The summed E-state index contributed by atoms with van der Waals surface area (Å²) < 4.78 is 4.88. The zero-order valence-corrected chi connectivity index (χ0v) is 14.7. The van der Waals surface area contributed by atoms with E-state index in [4.69, 9.17) is 4.66 Å². The summed E-state index contributed by atoms with van der Waals surface area (Å²) in [6.45, 7) is 8.69. The van der Waals surface area contributed by atoms with E-state index < -0.39 is 8.24 Å². The normalized spacial score (nSPS) is 12.6. The lowest BCUT2D eigenvalue weighted by Gasteiger charge is -2.22. The van der Waals surface area contributed by atoms with Crippen LogP contribution in [0.4, 0.5) is 5.69 Å². The second-order valence-corrected chi connectivity index (χ2v) is 11.0. The van der Waals surface area contributed by atoms with Crippen molar-refractivity contribution in [2.75, 3.05) is 19.4 Å². The summed E-state index contributed by atoms with van der Waals surface area (Å²) in [5.74, 6) is 0.893. The van der Waals surface area contributed by atoms with Crippen molar-refractivity contribution in [3.05, 3.63) is 36.0 Å². The lowest BCUT2D eigenvalue weighted by atomic mass is 10.2. The summed E-state index contributed by atoms with van der Waals surface area (Å²) in [6.07, 6.45) is 0. The highest BCUT2D eigenvalue weighted by Gasteiger charge is 2.15. The average molecular weight is 300 g/mol. The van der Waals surface area contributed by atoms with E-state index in [1.807, 2.05) is 38.1 Å². The Morgan fingerprint density at radius 3 is 2.48 bits per heavy atom. The summed E-state index contributed by atoms with van der Waals surface area (Å²) in [6, 6.07) is 10.3. The Balaban J connectivity index is 2.47. The average Bonchev–Trinajstić information content (AvgIpc) is 2.37. The van der Waals surface area contributed by atoms with Gasteiger partial charge >= 0.3 is 0 Å². The number of hydrogen-bond acceptors (Lipinski definition) is 2. The first-order valence-electron chi connectivity index (χ1n) is 7.17. The lowest BCUT2D eigenvalue weighted by Crippen LogP contribution is -2.34. The SMILES string of the molecule is Cc1ccc2cccc(N/C(=N\[Si](C)(C)C)N(C)C)c2n1. The third kappa shape index (κ3) is 4.04. The molecule has 0 spiro atoms. The molecule has 5 heteroatoms. The molecule has 1 N–H and O–H groups in total. The fourth-order valence-electron chi connectivity index (χ4n) is 2.02. The number of aromatic nitrogens is 1. The molecule has 0 aliphatic carbocycles. The molecule has 0 saturated heterocycles. The zero-order valence-electron chi connectivity index (χ0n) is 13.7. The van der Waals surface area contributed by atoms with Crippen LogP contribution in [0.3, 0.4) is 0 Å². The largest absolute Gasteiger partial charge is 0.350 e. The van der Waals surface area contributed by atoms with Gasteiger partial charge in [0.15, 0.2) is 14.2 Å². The zero-order chi connectivity index (χ0) is 15.6. The van der Waals surface area contributed by atoms with Gasteiger partial charge in [0.1, 0.15) is 0 Å². The Morgan fingerprint density at radius 2 is 1.86 bits per heavy atom. The lowest BCUT2D eigenvalue weighted by molar-refractivity contribution is 0.622. The molecule has 1 aromatic carbocycles. The Labute approximate surface area is 128 Å². The molecule has 0 bridgehead atoms. The van der Waals surface area contributed by atoms with E-state index in [9.17, 15) is 0 Å². The van der Waals surface area contributed by atoms with Crippen molar-refractivity contribution in [2.24, 2.45) is 4.66 Å². The van der Waals surface area contributed by atoms with Crippen molar-refractivity contribution >= 4 is 30.8 Å². The number of guanidine groups is 1. The minimum absolute atomic E-state index is 0.893. The molecule has 21 heavy (non-hydrogen) atoms. The van der Waals surface area contributed by atoms with E-state index in [2.05, 4.69) is 48.1 Å². The predicted octanol–water partition coefficient (Wildman–Crippen LogP) is 3.71. The highest BCUT2D eigenvalue weighted by Crippen LogP contribution is 2.22. The summed E-state index contributed by atoms with van der Waals surface area (Å²) in [4.78, 5) is 6.68. The smallest absolute Gasteiger partial charge is 0.188 e. The van der Waals surface area contributed by atoms with Crippen molar-refractivity contribution < 1.29 is 0 Å². The fraction of sp³-hybridized carbons (Fsp3) is 0.375. The van der Waals surface area contributed by atoms with Gasteiger partial charge in [-0.15, -0.1) is 0 Å². The molecule has 0 saturated carbocycles. The highest BCUT2D eigenvalue weighted by molar-refractivity contribution is 6.75. The van der Waals surface area contributed by atoms with Gasteiger partial charge in [0.05, 0.1) is 11.2 Å². The number of aryl methyl sites for hydroxylation is 1. The van der Waals surface area contributed by atoms with Gasteiger partial charge in [-0.1, -0.05) is 18.2 Å². The molecule has 4 nitrogen and oxygen atoms in total. The number of nitrogens with zero attached hydrogens (tertiary/aromatic N) is 3. The number of benzene rings is 1. The van der Waals surface area contributed by atoms with Crippen LogP contribution in [0, 0.1) is 6.92 Å². The van der Waals surface area contributed by atoms with Gasteiger partial charge in [0.2, 0.25) is 0 Å². The van der Waals surface area contributed by atoms with Crippen LogP contribution >= 0.6 is 0 Å². The molecular weight excluding hydrogens is 276 g/mol. The Morgan fingerprint density at radius 1 is 1.14 bits per heavy atom. The number of pyridine rings is 1. The van der Waals surface area contributed by atoms with Gasteiger partial charge in [-0.2, -0.15) is 0 Å². The van der Waals surface area contributed by atoms with Crippen molar-refractivity contribution in [1.82, 2.24) is 9.88 Å². The molecule has 0 radical (unpaired) electrons. The summed E-state index contributed by atoms with van der Waals surface area (Å²) in [7, 11) is 2.47. The van der Waals surface area contributed by atoms with E-state index >= 15 is 0 Å². The first-order chi connectivity index (χ1) is 9.76. The van der Waals surface area contributed by atoms with Gasteiger partial charge in [-0.3, -0.25) is 9.64 Å². The topological polar surface area (TPSA) is 40.5 Å². The van der Waals surface area contributed by atoms with E-state index in [0.29, 0.717) is 0 Å². The minimum atomic E-state index is -1.55. The first kappa shape index (κ1) is 15.5. The van der Waals surface area contributed by atoms with Gasteiger partial charge in [-0.05, 0) is 38.7 Å². The quantitative estimate of drug-likeness (QED) is 0.522. The Hall–Kier alpha value is -1.88. The van der Waals surface area contributed by atoms with Crippen molar-refractivity contribution in [1.29, 1.82) is 0 Å². The third-order valence-electron chi connectivity index (χ3n) is 2.97. The number of hydrogen-bond donors (Lipinski definition) is 1. The van der Waals surface area contributed by atoms with Crippen molar-refractivity contribution in [3.63, 3.8) is 0 Å². The Bertz CT molecular complexity index is 672. The molecule has 112 valence electrons. The molecule has 1 heterocycles. The fourth-order valence-corrected chi connectivity index (χ4v) is 2.91. The highest BCUT2D eigenvalue weighted by atomic mass is 28.3. The molecule has 2 rings (SSSR count). The van der Waals surface area contributed by atoms with Crippen LogP contribution in [0.25, 0.3) is 10.9 Å². The Kier molecular flexibility index (Phi) is 4.32. The molecule has 0 aliphatic rings. The number of anilines is 1. The van der Waals surface area contributed by atoms with Crippen LogP contribution in [0.5, 0.6) is 0 Å². The number of para-hydroxylation sites is 1. The van der Waals surface area contributed by atoms with Gasteiger partial charge in [-0.25, -0.2) is 0 Å².